The van der Waals surface area contributed by atoms with Gasteiger partial charge in [-0.1, -0.05) is 57.8 Å². The number of hydrogen-bond donors (Lipinski definition) is 0. The number of rotatable bonds is 3. The zero-order valence-corrected chi connectivity index (χ0v) is 18.0. The second-order valence-electron chi connectivity index (χ2n) is 7.96. The van der Waals surface area contributed by atoms with Crippen LogP contribution in [-0.4, -0.2) is 35.3 Å². The molecular formula is C21H33AlO6. The van der Waals surface area contributed by atoms with E-state index in [2.05, 4.69) is 0 Å². The molecule has 0 spiro atoms. The fourth-order valence-electron chi connectivity index (χ4n) is 4.01. The van der Waals surface area contributed by atoms with Crippen LogP contribution >= 0.6 is 0 Å². The summed E-state index contributed by atoms with van der Waals surface area (Å²) in [5.74, 6) is -2.98. The minimum Gasteiger partial charge on any atom is -0.550 e. The smallest absolute Gasteiger partial charge is 0.550 e. The van der Waals surface area contributed by atoms with Crippen molar-refractivity contribution in [3.8, 4) is 0 Å². The number of carboxylic acids is 3. The number of carbonyl (C=O) groups excluding carboxylic acids is 3. The van der Waals surface area contributed by atoms with Crippen molar-refractivity contribution in [2.75, 3.05) is 0 Å². The maximum Gasteiger partial charge on any atom is 3.00 e. The van der Waals surface area contributed by atoms with Crippen LogP contribution in [0.15, 0.2) is 0 Å². The predicted molar refractivity (Wildman–Crippen MR) is 101 cm³/mol. The molecule has 0 saturated heterocycles. The van der Waals surface area contributed by atoms with Gasteiger partial charge in [-0.3, -0.25) is 0 Å². The molecule has 0 bridgehead atoms. The van der Waals surface area contributed by atoms with Crippen LogP contribution in [0.5, 0.6) is 0 Å². The molecule has 3 saturated carbocycles. The average molecular weight is 408 g/mol. The van der Waals surface area contributed by atoms with Crippen LogP contribution in [0.1, 0.15) is 96.3 Å². The molecule has 0 heterocycles. The van der Waals surface area contributed by atoms with Crippen LogP contribution in [0.2, 0.25) is 0 Å². The summed E-state index contributed by atoms with van der Waals surface area (Å²) >= 11 is 0. The van der Waals surface area contributed by atoms with Gasteiger partial charge in [0, 0.05) is 17.9 Å². The zero-order chi connectivity index (χ0) is 20.1. The number of hydrogen-bond acceptors (Lipinski definition) is 6. The monoisotopic (exact) mass is 408 g/mol. The molecule has 6 nitrogen and oxygen atoms in total. The summed E-state index contributed by atoms with van der Waals surface area (Å²) < 4.78 is 0. The molecule has 0 aromatic carbocycles. The first-order valence-electron chi connectivity index (χ1n) is 10.5. The molecule has 0 unspecified atom stereocenters. The fraction of sp³-hybridized carbons (Fsp3) is 0.857. The Labute approximate surface area is 179 Å². The van der Waals surface area contributed by atoms with Crippen molar-refractivity contribution in [2.24, 2.45) is 17.8 Å². The molecule has 3 aliphatic rings. The predicted octanol–water partition coefficient (Wildman–Crippen LogP) is 0.569. The van der Waals surface area contributed by atoms with Gasteiger partial charge in [0.25, 0.3) is 0 Å². The SMILES string of the molecule is O=C([O-])C1CCCCC1.O=C([O-])C1CCCCC1.O=C([O-])C1CCCCC1.[Al+3]. The summed E-state index contributed by atoms with van der Waals surface area (Å²) in [7, 11) is 0. The second kappa shape index (κ2) is 15.8. The summed E-state index contributed by atoms with van der Waals surface area (Å²) in [6, 6.07) is 0. The van der Waals surface area contributed by atoms with Gasteiger partial charge in [-0.05, 0) is 56.3 Å². The molecule has 7 heteroatoms. The second-order valence-corrected chi connectivity index (χ2v) is 7.96. The van der Waals surface area contributed by atoms with Crippen molar-refractivity contribution < 1.29 is 29.7 Å². The van der Waals surface area contributed by atoms with Gasteiger partial charge in [-0.25, -0.2) is 0 Å². The van der Waals surface area contributed by atoms with E-state index in [9.17, 15) is 29.7 Å². The number of carboxylic acid groups (broad SMARTS) is 3. The van der Waals surface area contributed by atoms with Gasteiger partial charge < -0.3 is 29.7 Å². The van der Waals surface area contributed by atoms with E-state index in [4.69, 9.17) is 0 Å². The molecule has 156 valence electrons. The third-order valence-corrected chi connectivity index (χ3v) is 5.82. The molecular weight excluding hydrogens is 375 g/mol. The van der Waals surface area contributed by atoms with Crippen LogP contribution in [0.25, 0.3) is 0 Å². The molecule has 0 atom stereocenters. The van der Waals surface area contributed by atoms with E-state index in [1.807, 2.05) is 0 Å². The van der Waals surface area contributed by atoms with E-state index < -0.39 is 17.9 Å². The maximum absolute atomic E-state index is 10.2. The van der Waals surface area contributed by atoms with Crippen molar-refractivity contribution in [2.45, 2.75) is 96.3 Å². The van der Waals surface area contributed by atoms with Gasteiger partial charge in [-0.2, -0.15) is 0 Å². The molecule has 0 aromatic rings. The summed E-state index contributed by atoms with van der Waals surface area (Å²) in [4.78, 5) is 30.7. The first-order chi connectivity index (χ1) is 12.9. The molecule has 0 N–H and O–H groups in total. The van der Waals surface area contributed by atoms with Gasteiger partial charge in [-0.15, -0.1) is 0 Å². The number of aliphatic carboxylic acids is 3. The van der Waals surface area contributed by atoms with Crippen LogP contribution in [-0.2, 0) is 14.4 Å². The van der Waals surface area contributed by atoms with Gasteiger partial charge in [0.15, 0.2) is 0 Å². The zero-order valence-electron chi connectivity index (χ0n) is 16.9. The first-order valence-corrected chi connectivity index (χ1v) is 10.5. The van der Waals surface area contributed by atoms with Gasteiger partial charge in [0.2, 0.25) is 0 Å². The van der Waals surface area contributed by atoms with Crippen LogP contribution in [0.3, 0.4) is 0 Å². The standard InChI is InChI=1S/3C7H12O2.Al/c3*8-7(9)6-4-2-1-3-5-6;/h3*6H,1-5H2,(H,8,9);/q;;;+3/p-3. The topological polar surface area (TPSA) is 120 Å². The normalized spacial score (nSPS) is 21.0. The summed E-state index contributed by atoms with van der Waals surface area (Å²) in [5.41, 5.74) is 0. The van der Waals surface area contributed by atoms with E-state index >= 15 is 0 Å². The van der Waals surface area contributed by atoms with Crippen molar-refractivity contribution in [1.82, 2.24) is 0 Å². The molecule has 28 heavy (non-hydrogen) atoms. The third kappa shape index (κ3) is 11.7. The van der Waals surface area contributed by atoms with E-state index in [0.717, 1.165) is 77.0 Å². The van der Waals surface area contributed by atoms with Crippen molar-refractivity contribution >= 4 is 35.3 Å². The minimum absolute atomic E-state index is 0. The third-order valence-electron chi connectivity index (χ3n) is 5.82. The Morgan fingerprint density at radius 1 is 0.429 bits per heavy atom. The summed E-state index contributed by atoms with van der Waals surface area (Å²) in [5, 5.41) is 30.7. The average Bonchev–Trinajstić information content (AvgIpc) is 2.71. The van der Waals surface area contributed by atoms with E-state index in [1.165, 1.54) is 19.3 Å². The van der Waals surface area contributed by atoms with E-state index in [1.54, 1.807) is 0 Å². The Bertz CT molecular complexity index is 383. The van der Waals surface area contributed by atoms with Crippen LogP contribution < -0.4 is 15.3 Å². The molecule has 0 amide bonds. The summed E-state index contributed by atoms with van der Waals surface area (Å²) in [6.45, 7) is 0. The molecule has 3 aliphatic carbocycles. The molecule has 3 fully saturated rings. The van der Waals surface area contributed by atoms with Crippen molar-refractivity contribution in [3.05, 3.63) is 0 Å². The Kier molecular flexibility index (Phi) is 15.2. The van der Waals surface area contributed by atoms with Gasteiger partial charge in [0.05, 0.1) is 0 Å². The number of carbonyl (C=O) groups is 3. The Morgan fingerprint density at radius 2 is 0.607 bits per heavy atom. The molecule has 0 aliphatic heterocycles. The van der Waals surface area contributed by atoms with Gasteiger partial charge in [0.1, 0.15) is 0 Å². The van der Waals surface area contributed by atoms with Gasteiger partial charge >= 0.3 is 17.4 Å². The Hall–Kier alpha value is -1.06. The largest absolute Gasteiger partial charge is 3.00 e. The van der Waals surface area contributed by atoms with Crippen LogP contribution in [0.4, 0.5) is 0 Å². The van der Waals surface area contributed by atoms with Crippen LogP contribution in [0, 0.1) is 17.8 Å². The fourth-order valence-corrected chi connectivity index (χ4v) is 4.01. The van der Waals surface area contributed by atoms with E-state index in [0.29, 0.717) is 0 Å². The molecule has 0 radical (unpaired) electrons. The Balaban J connectivity index is 0.000000384. The van der Waals surface area contributed by atoms with E-state index in [-0.39, 0.29) is 35.1 Å². The first kappa shape index (κ1) is 26.9. The van der Waals surface area contributed by atoms with Crippen molar-refractivity contribution in [1.29, 1.82) is 0 Å². The minimum atomic E-state index is -0.852. The Morgan fingerprint density at radius 3 is 0.714 bits per heavy atom. The molecule has 0 aromatic heterocycles. The van der Waals surface area contributed by atoms with Crippen molar-refractivity contribution in [3.63, 3.8) is 0 Å². The molecule has 3 rings (SSSR count). The summed E-state index contributed by atoms with van der Waals surface area (Å²) in [6.07, 6.45) is 15.0. The maximum atomic E-state index is 10.2. The quantitative estimate of drug-likeness (QED) is 0.630.